The van der Waals surface area contributed by atoms with Crippen molar-refractivity contribution in [3.05, 3.63) is 11.6 Å². The minimum absolute atomic E-state index is 0.00577. The molecule has 0 aromatic rings. The monoisotopic (exact) mass is 322 g/mol. The van der Waals surface area contributed by atoms with E-state index in [9.17, 15) is 9.59 Å². The molecule has 4 nitrogen and oxygen atoms in total. The average molecular weight is 322 g/mol. The maximum atomic E-state index is 12.1. The number of hydrogen-bond acceptors (Lipinski definition) is 4. The van der Waals surface area contributed by atoms with Gasteiger partial charge < -0.3 is 9.47 Å². The maximum absolute atomic E-state index is 12.1. The van der Waals surface area contributed by atoms with Gasteiger partial charge >= 0.3 is 11.9 Å². The zero-order valence-corrected chi connectivity index (χ0v) is 14.4. The van der Waals surface area contributed by atoms with Gasteiger partial charge in [0.2, 0.25) is 0 Å². The molecule has 0 aliphatic heterocycles. The van der Waals surface area contributed by atoms with E-state index in [4.69, 9.17) is 9.47 Å². The molecule has 0 amide bonds. The van der Waals surface area contributed by atoms with Crippen LogP contribution in [0.2, 0.25) is 0 Å². The fourth-order valence-electron chi connectivity index (χ4n) is 3.40. The van der Waals surface area contributed by atoms with Gasteiger partial charge in [0, 0.05) is 11.6 Å². The summed E-state index contributed by atoms with van der Waals surface area (Å²) in [7, 11) is 0. The summed E-state index contributed by atoms with van der Waals surface area (Å²) in [6.07, 6.45) is 14.4. The van der Waals surface area contributed by atoms with Gasteiger partial charge in [0.05, 0.1) is 0 Å². The lowest BCUT2D eigenvalue weighted by Crippen LogP contribution is -2.20. The van der Waals surface area contributed by atoms with Crippen LogP contribution in [0, 0.1) is 0 Å². The molecule has 0 bridgehead atoms. The van der Waals surface area contributed by atoms with Crippen LogP contribution in [-0.2, 0) is 19.1 Å². The van der Waals surface area contributed by atoms with Gasteiger partial charge in [0.25, 0.3) is 0 Å². The van der Waals surface area contributed by atoms with Crippen molar-refractivity contribution in [1.29, 1.82) is 0 Å². The lowest BCUT2D eigenvalue weighted by atomic mass is 10.1. The van der Waals surface area contributed by atoms with E-state index in [1.54, 1.807) is 6.92 Å². The Labute approximate surface area is 139 Å². The molecule has 4 heteroatoms. The largest absolute Gasteiger partial charge is 0.459 e. The Kier molecular flexibility index (Phi) is 7.63. The van der Waals surface area contributed by atoms with Gasteiger partial charge in [-0.25, -0.2) is 9.59 Å². The highest BCUT2D eigenvalue weighted by molar-refractivity contribution is 5.95. The van der Waals surface area contributed by atoms with Gasteiger partial charge in [-0.15, -0.1) is 0 Å². The predicted molar refractivity (Wildman–Crippen MR) is 88.9 cm³/mol. The second-order valence-electron chi connectivity index (χ2n) is 6.90. The molecule has 2 rings (SSSR count). The summed E-state index contributed by atoms with van der Waals surface area (Å²) in [5, 5.41) is 0. The van der Waals surface area contributed by atoms with Gasteiger partial charge in [-0.05, 0) is 58.3 Å². The van der Waals surface area contributed by atoms with Crippen LogP contribution in [0.4, 0.5) is 0 Å². The second kappa shape index (κ2) is 9.74. The second-order valence-corrected chi connectivity index (χ2v) is 6.90. The van der Waals surface area contributed by atoms with Crippen LogP contribution in [0.25, 0.3) is 0 Å². The van der Waals surface area contributed by atoms with Crippen LogP contribution in [0.15, 0.2) is 11.6 Å². The van der Waals surface area contributed by atoms with E-state index < -0.39 is 5.97 Å². The molecule has 0 unspecified atom stereocenters. The molecule has 0 aromatic carbocycles. The Morgan fingerprint density at radius 3 is 1.65 bits per heavy atom. The Bertz CT molecular complexity index is 411. The number of ether oxygens (including phenoxy) is 2. The molecular formula is C19H30O4. The van der Waals surface area contributed by atoms with Crippen LogP contribution in [0.3, 0.4) is 0 Å². The molecule has 2 saturated carbocycles. The van der Waals surface area contributed by atoms with Crippen molar-refractivity contribution in [3.8, 4) is 0 Å². The van der Waals surface area contributed by atoms with E-state index in [-0.39, 0.29) is 18.2 Å². The summed E-state index contributed by atoms with van der Waals surface area (Å²) < 4.78 is 11.0. The van der Waals surface area contributed by atoms with Crippen molar-refractivity contribution >= 4 is 11.9 Å². The molecule has 0 atom stereocenters. The molecule has 2 aliphatic carbocycles. The van der Waals surface area contributed by atoms with Crippen molar-refractivity contribution in [2.45, 2.75) is 96.2 Å². The zero-order valence-electron chi connectivity index (χ0n) is 14.4. The molecule has 0 spiro atoms. The number of rotatable bonds is 4. The van der Waals surface area contributed by atoms with Crippen molar-refractivity contribution in [2.24, 2.45) is 0 Å². The number of carbonyl (C=O) groups is 2. The first kappa shape index (κ1) is 18.0. The van der Waals surface area contributed by atoms with E-state index in [1.807, 2.05) is 0 Å². The van der Waals surface area contributed by atoms with Gasteiger partial charge in [0.1, 0.15) is 12.2 Å². The minimum Gasteiger partial charge on any atom is -0.459 e. The van der Waals surface area contributed by atoms with Gasteiger partial charge in [0.15, 0.2) is 0 Å². The van der Waals surface area contributed by atoms with Crippen LogP contribution in [0.5, 0.6) is 0 Å². The average Bonchev–Trinajstić information content (AvgIpc) is 2.92. The highest BCUT2D eigenvalue weighted by atomic mass is 16.5. The SMILES string of the molecule is C/C(=C/C(=O)OC1CCCCCC1)C(=O)OC1CCCCCC1. The molecule has 0 N–H and O–H groups in total. The molecule has 0 heterocycles. The van der Waals surface area contributed by atoms with Crippen molar-refractivity contribution in [1.82, 2.24) is 0 Å². The van der Waals surface area contributed by atoms with E-state index in [1.165, 1.54) is 31.8 Å². The quantitative estimate of drug-likeness (QED) is 0.435. The van der Waals surface area contributed by atoms with Crippen molar-refractivity contribution in [2.75, 3.05) is 0 Å². The molecule has 2 aliphatic rings. The van der Waals surface area contributed by atoms with Crippen molar-refractivity contribution < 1.29 is 19.1 Å². The highest BCUT2D eigenvalue weighted by Crippen LogP contribution is 2.22. The lowest BCUT2D eigenvalue weighted by Gasteiger charge is -2.16. The molecule has 23 heavy (non-hydrogen) atoms. The summed E-state index contributed by atoms with van der Waals surface area (Å²) in [5.41, 5.74) is 0.341. The van der Waals surface area contributed by atoms with E-state index in [2.05, 4.69) is 0 Å². The van der Waals surface area contributed by atoms with Gasteiger partial charge in [-0.3, -0.25) is 0 Å². The highest BCUT2D eigenvalue weighted by Gasteiger charge is 2.20. The molecule has 0 saturated heterocycles. The van der Waals surface area contributed by atoms with Crippen molar-refractivity contribution in [3.63, 3.8) is 0 Å². The summed E-state index contributed by atoms with van der Waals surface area (Å²) in [6.45, 7) is 1.63. The van der Waals surface area contributed by atoms with Crippen LogP contribution in [-0.4, -0.2) is 24.1 Å². The fraction of sp³-hybridized carbons (Fsp3) is 0.789. The third-order valence-electron chi connectivity index (χ3n) is 4.82. The Morgan fingerprint density at radius 2 is 1.17 bits per heavy atom. The van der Waals surface area contributed by atoms with Crippen LogP contribution >= 0.6 is 0 Å². The first-order chi connectivity index (χ1) is 11.1. The van der Waals surface area contributed by atoms with Gasteiger partial charge in [-0.1, -0.05) is 25.7 Å². The third kappa shape index (κ3) is 6.76. The number of carbonyl (C=O) groups excluding carboxylic acids is 2. The maximum Gasteiger partial charge on any atom is 0.334 e. The topological polar surface area (TPSA) is 52.6 Å². The zero-order chi connectivity index (χ0) is 16.5. The first-order valence-electron chi connectivity index (χ1n) is 9.25. The van der Waals surface area contributed by atoms with Crippen LogP contribution < -0.4 is 0 Å². The first-order valence-corrected chi connectivity index (χ1v) is 9.25. The molecular weight excluding hydrogens is 292 g/mol. The number of hydrogen-bond donors (Lipinski definition) is 0. The smallest absolute Gasteiger partial charge is 0.334 e. The third-order valence-corrected chi connectivity index (χ3v) is 4.82. The molecule has 0 aromatic heterocycles. The minimum atomic E-state index is -0.410. The molecule has 0 radical (unpaired) electrons. The molecule has 2 fully saturated rings. The van der Waals surface area contributed by atoms with E-state index in [0.29, 0.717) is 5.57 Å². The van der Waals surface area contributed by atoms with E-state index in [0.717, 1.165) is 51.4 Å². The predicted octanol–water partition coefficient (Wildman–Crippen LogP) is 4.46. The fourth-order valence-corrected chi connectivity index (χ4v) is 3.40. The summed E-state index contributed by atoms with van der Waals surface area (Å²) in [6, 6.07) is 0. The van der Waals surface area contributed by atoms with Gasteiger partial charge in [-0.2, -0.15) is 0 Å². The molecule has 130 valence electrons. The summed E-state index contributed by atoms with van der Waals surface area (Å²) in [4.78, 5) is 24.1. The number of esters is 2. The van der Waals surface area contributed by atoms with Crippen LogP contribution in [0.1, 0.15) is 84.0 Å². The Hall–Kier alpha value is -1.32. The summed E-state index contributed by atoms with van der Waals surface area (Å²) >= 11 is 0. The Morgan fingerprint density at radius 1 is 0.739 bits per heavy atom. The van der Waals surface area contributed by atoms with E-state index >= 15 is 0 Å². The lowest BCUT2D eigenvalue weighted by molar-refractivity contribution is -0.147. The summed E-state index contributed by atoms with van der Waals surface area (Å²) in [5.74, 6) is -0.790. The Balaban J connectivity index is 1.79. The normalized spacial score (nSPS) is 22.0. The standard InChI is InChI=1S/C19H30O4/c1-15(19(21)23-17-12-8-4-5-9-13-17)14-18(20)22-16-10-6-2-3-7-11-16/h14,16-17H,2-13H2,1H3/b15-14-.